The zero-order valence-electron chi connectivity index (χ0n) is 8.04. The Balaban J connectivity index is 2.23. The lowest BCUT2D eigenvalue weighted by Crippen LogP contribution is -2.05. The number of rotatable bonds is 1. The highest BCUT2D eigenvalue weighted by molar-refractivity contribution is 5.77. The molecule has 3 aromatic rings. The third-order valence-corrected chi connectivity index (χ3v) is 2.10. The minimum atomic E-state index is -0.225. The first-order valence-corrected chi connectivity index (χ1v) is 4.58. The molecule has 0 aliphatic heterocycles. The standard InChI is InChI=1S/C10H6N4O2/c15-8-1-2-12-9(14-8)7-3-6-4-11-5-13-10(6)16-7/h1-5H,(H,12,14,15). The summed E-state index contributed by atoms with van der Waals surface area (Å²) in [6.45, 7) is 0. The molecule has 0 bridgehead atoms. The van der Waals surface area contributed by atoms with Crippen molar-refractivity contribution in [3.05, 3.63) is 41.2 Å². The van der Waals surface area contributed by atoms with Gasteiger partial charge in [-0.3, -0.25) is 4.79 Å². The fourth-order valence-corrected chi connectivity index (χ4v) is 1.40. The van der Waals surface area contributed by atoms with Crippen LogP contribution in [0, 0.1) is 0 Å². The molecule has 3 heterocycles. The first-order valence-electron chi connectivity index (χ1n) is 4.58. The summed E-state index contributed by atoms with van der Waals surface area (Å²) in [6, 6.07) is 3.07. The Labute approximate surface area is 89.0 Å². The smallest absolute Gasteiger partial charge is 0.251 e. The van der Waals surface area contributed by atoms with Gasteiger partial charge in [0.15, 0.2) is 11.6 Å². The van der Waals surface area contributed by atoms with E-state index in [2.05, 4.69) is 19.9 Å². The van der Waals surface area contributed by atoms with Crippen molar-refractivity contribution < 1.29 is 4.42 Å². The van der Waals surface area contributed by atoms with Crippen LogP contribution in [0.2, 0.25) is 0 Å². The van der Waals surface area contributed by atoms with Crippen molar-refractivity contribution in [1.82, 2.24) is 19.9 Å². The summed E-state index contributed by atoms with van der Waals surface area (Å²) >= 11 is 0. The highest BCUT2D eigenvalue weighted by atomic mass is 16.3. The zero-order valence-corrected chi connectivity index (χ0v) is 8.04. The normalized spacial score (nSPS) is 10.8. The monoisotopic (exact) mass is 214 g/mol. The molecular weight excluding hydrogens is 208 g/mol. The van der Waals surface area contributed by atoms with Gasteiger partial charge >= 0.3 is 0 Å². The summed E-state index contributed by atoms with van der Waals surface area (Å²) in [5, 5.41) is 0.768. The molecule has 6 heteroatoms. The van der Waals surface area contributed by atoms with Gasteiger partial charge in [0.2, 0.25) is 5.71 Å². The Morgan fingerprint density at radius 3 is 3.06 bits per heavy atom. The van der Waals surface area contributed by atoms with E-state index in [4.69, 9.17) is 4.42 Å². The highest BCUT2D eigenvalue weighted by Crippen LogP contribution is 2.22. The quantitative estimate of drug-likeness (QED) is 0.652. The van der Waals surface area contributed by atoms with Crippen LogP contribution < -0.4 is 5.56 Å². The number of fused-ring (bicyclic) bond motifs is 1. The summed E-state index contributed by atoms with van der Waals surface area (Å²) in [5.41, 5.74) is 0.244. The van der Waals surface area contributed by atoms with E-state index >= 15 is 0 Å². The van der Waals surface area contributed by atoms with E-state index in [1.807, 2.05) is 0 Å². The molecule has 6 nitrogen and oxygen atoms in total. The van der Waals surface area contributed by atoms with E-state index in [1.54, 1.807) is 12.3 Å². The molecular formula is C10H6N4O2. The van der Waals surface area contributed by atoms with Crippen LogP contribution >= 0.6 is 0 Å². The van der Waals surface area contributed by atoms with Gasteiger partial charge in [-0.25, -0.2) is 15.0 Å². The van der Waals surface area contributed by atoms with Gasteiger partial charge in [-0.2, -0.15) is 0 Å². The highest BCUT2D eigenvalue weighted by Gasteiger charge is 2.08. The minimum Gasteiger partial charge on any atom is -0.434 e. The molecule has 1 N–H and O–H groups in total. The third-order valence-electron chi connectivity index (χ3n) is 2.10. The van der Waals surface area contributed by atoms with Crippen LogP contribution in [-0.2, 0) is 0 Å². The van der Waals surface area contributed by atoms with E-state index < -0.39 is 0 Å². The van der Waals surface area contributed by atoms with E-state index in [0.717, 1.165) is 5.39 Å². The Morgan fingerprint density at radius 1 is 1.31 bits per heavy atom. The van der Waals surface area contributed by atoms with Gasteiger partial charge in [0.25, 0.3) is 5.56 Å². The van der Waals surface area contributed by atoms with Gasteiger partial charge in [-0.15, -0.1) is 0 Å². The van der Waals surface area contributed by atoms with Crippen LogP contribution in [-0.4, -0.2) is 19.9 Å². The maximum absolute atomic E-state index is 11.1. The second kappa shape index (κ2) is 3.27. The Kier molecular flexibility index (Phi) is 1.79. The van der Waals surface area contributed by atoms with Crippen molar-refractivity contribution in [2.45, 2.75) is 0 Å². The molecule has 16 heavy (non-hydrogen) atoms. The molecule has 0 atom stereocenters. The summed E-state index contributed by atoms with van der Waals surface area (Å²) in [4.78, 5) is 25.5. The van der Waals surface area contributed by atoms with Crippen LogP contribution in [0.1, 0.15) is 0 Å². The van der Waals surface area contributed by atoms with Crippen molar-refractivity contribution in [1.29, 1.82) is 0 Å². The average Bonchev–Trinajstić information content (AvgIpc) is 2.72. The molecule has 0 radical (unpaired) electrons. The number of furan rings is 1. The number of H-pyrrole nitrogens is 1. The third kappa shape index (κ3) is 1.36. The van der Waals surface area contributed by atoms with Crippen LogP contribution in [0.5, 0.6) is 0 Å². The van der Waals surface area contributed by atoms with E-state index in [-0.39, 0.29) is 5.56 Å². The van der Waals surface area contributed by atoms with Gasteiger partial charge in [0, 0.05) is 18.5 Å². The molecule has 3 rings (SSSR count). The summed E-state index contributed by atoms with van der Waals surface area (Å²) < 4.78 is 5.43. The first kappa shape index (κ1) is 8.78. The predicted octanol–water partition coefficient (Wildman–Crippen LogP) is 0.973. The van der Waals surface area contributed by atoms with Crippen molar-refractivity contribution in [3.8, 4) is 11.6 Å². The van der Waals surface area contributed by atoms with E-state index in [1.165, 1.54) is 18.6 Å². The number of aromatic amines is 1. The maximum Gasteiger partial charge on any atom is 0.251 e. The summed E-state index contributed by atoms with van der Waals surface area (Å²) in [6.07, 6.45) is 4.46. The molecule has 0 saturated heterocycles. The molecule has 78 valence electrons. The fraction of sp³-hybridized carbons (Fsp3) is 0. The molecule has 0 unspecified atom stereocenters. The molecule has 0 fully saturated rings. The fourth-order valence-electron chi connectivity index (χ4n) is 1.40. The van der Waals surface area contributed by atoms with Crippen molar-refractivity contribution in [3.63, 3.8) is 0 Å². The minimum absolute atomic E-state index is 0.225. The lowest BCUT2D eigenvalue weighted by Gasteiger charge is -1.92. The lowest BCUT2D eigenvalue weighted by molar-refractivity contribution is 0.611. The van der Waals surface area contributed by atoms with Crippen LogP contribution in [0.4, 0.5) is 0 Å². The van der Waals surface area contributed by atoms with Crippen LogP contribution in [0.15, 0.2) is 40.1 Å². The van der Waals surface area contributed by atoms with Gasteiger partial charge in [0.1, 0.15) is 6.33 Å². The molecule has 3 aromatic heterocycles. The SMILES string of the molecule is O=c1ccnc(-c2cc3cncnc3o2)[nH]1. The van der Waals surface area contributed by atoms with E-state index in [9.17, 15) is 4.79 Å². The lowest BCUT2D eigenvalue weighted by atomic mass is 10.3. The number of hydrogen-bond donors (Lipinski definition) is 1. The predicted molar refractivity (Wildman–Crippen MR) is 55.7 cm³/mol. The number of aromatic nitrogens is 4. The molecule has 0 aliphatic rings. The topological polar surface area (TPSA) is 84.7 Å². The number of hydrogen-bond acceptors (Lipinski definition) is 5. The molecule has 0 spiro atoms. The Morgan fingerprint density at radius 2 is 2.25 bits per heavy atom. The molecule has 0 saturated carbocycles. The van der Waals surface area contributed by atoms with Gasteiger partial charge in [0.05, 0.1) is 5.39 Å². The van der Waals surface area contributed by atoms with Crippen LogP contribution in [0.25, 0.3) is 22.7 Å². The van der Waals surface area contributed by atoms with Crippen molar-refractivity contribution in [2.24, 2.45) is 0 Å². The second-order valence-electron chi connectivity index (χ2n) is 3.18. The number of nitrogens with one attached hydrogen (secondary N) is 1. The van der Waals surface area contributed by atoms with Gasteiger partial charge in [-0.05, 0) is 6.07 Å². The molecule has 0 aromatic carbocycles. The first-order chi connectivity index (χ1) is 7.83. The maximum atomic E-state index is 11.1. The Bertz CT molecular complexity index is 668. The second-order valence-corrected chi connectivity index (χ2v) is 3.18. The van der Waals surface area contributed by atoms with Crippen molar-refractivity contribution in [2.75, 3.05) is 0 Å². The largest absolute Gasteiger partial charge is 0.434 e. The summed E-state index contributed by atoms with van der Waals surface area (Å²) in [7, 11) is 0. The van der Waals surface area contributed by atoms with Crippen molar-refractivity contribution >= 4 is 11.1 Å². The summed E-state index contributed by atoms with van der Waals surface area (Å²) in [5.74, 6) is 0.846. The van der Waals surface area contributed by atoms with Crippen LogP contribution in [0.3, 0.4) is 0 Å². The zero-order chi connectivity index (χ0) is 11.0. The van der Waals surface area contributed by atoms with Gasteiger partial charge in [-0.1, -0.05) is 0 Å². The van der Waals surface area contributed by atoms with Gasteiger partial charge < -0.3 is 9.40 Å². The number of nitrogens with zero attached hydrogens (tertiary/aromatic N) is 3. The molecule has 0 amide bonds. The Hall–Kier alpha value is -2.50. The van der Waals surface area contributed by atoms with E-state index in [0.29, 0.717) is 17.3 Å². The molecule has 0 aliphatic carbocycles. The average molecular weight is 214 g/mol.